The van der Waals surface area contributed by atoms with E-state index in [1.807, 2.05) is 51.1 Å². The number of rotatable bonds is 8. The van der Waals surface area contributed by atoms with Crippen molar-refractivity contribution in [1.29, 1.82) is 0 Å². The first-order valence-corrected chi connectivity index (χ1v) is 10.2. The minimum Gasteiger partial charge on any atom is -0.444 e. The number of amides is 1. The second-order valence-electron chi connectivity index (χ2n) is 8.07. The van der Waals surface area contributed by atoms with E-state index in [1.54, 1.807) is 0 Å². The molecule has 1 atom stereocenters. The standard InChI is InChI=1S/C21H35N5O3.HI/c1-21(2,3)29-20(27)25-18(17-8-5-4-6-9-17)16-24-19(22)23-10-7-11-26-12-14-28-15-13-26;/h4-6,8-9,18H,7,10-16H2,1-3H3,(H,25,27)(H3,22,23,24);1H. The smallest absolute Gasteiger partial charge is 0.408 e. The molecule has 1 saturated heterocycles. The lowest BCUT2D eigenvalue weighted by atomic mass is 10.1. The number of nitrogens with zero attached hydrogens (tertiary/aromatic N) is 2. The van der Waals surface area contributed by atoms with Crippen molar-refractivity contribution in [3.63, 3.8) is 0 Å². The lowest BCUT2D eigenvalue weighted by molar-refractivity contribution is 0.0376. The van der Waals surface area contributed by atoms with Gasteiger partial charge in [0.15, 0.2) is 5.96 Å². The minimum absolute atomic E-state index is 0. The fraction of sp³-hybridized carbons (Fsp3) is 0.619. The van der Waals surface area contributed by atoms with Gasteiger partial charge in [-0.15, -0.1) is 24.0 Å². The molecule has 2 rings (SSSR count). The number of benzene rings is 1. The van der Waals surface area contributed by atoms with Crippen molar-refractivity contribution in [2.24, 2.45) is 10.7 Å². The number of nitrogens with one attached hydrogen (secondary N) is 2. The zero-order chi connectivity index (χ0) is 21.1. The largest absolute Gasteiger partial charge is 0.444 e. The van der Waals surface area contributed by atoms with Gasteiger partial charge in [0.1, 0.15) is 5.60 Å². The fourth-order valence-corrected chi connectivity index (χ4v) is 2.96. The molecule has 1 unspecified atom stereocenters. The quantitative estimate of drug-likeness (QED) is 0.206. The number of hydrogen-bond acceptors (Lipinski definition) is 5. The molecule has 1 fully saturated rings. The molecule has 1 amide bonds. The van der Waals surface area contributed by atoms with Gasteiger partial charge in [-0.2, -0.15) is 0 Å². The number of carbonyl (C=O) groups is 1. The number of aliphatic imine (C=N–C) groups is 1. The Bertz CT molecular complexity index is 646. The van der Waals surface area contributed by atoms with Crippen molar-refractivity contribution in [3.05, 3.63) is 35.9 Å². The number of halogens is 1. The van der Waals surface area contributed by atoms with Crippen molar-refractivity contribution in [2.75, 3.05) is 45.9 Å². The van der Waals surface area contributed by atoms with Crippen LogP contribution in [0.25, 0.3) is 0 Å². The molecule has 0 spiro atoms. The first-order chi connectivity index (χ1) is 13.8. The summed E-state index contributed by atoms with van der Waals surface area (Å²) in [5.41, 5.74) is 6.40. The van der Waals surface area contributed by atoms with Crippen molar-refractivity contribution >= 4 is 36.0 Å². The molecule has 0 radical (unpaired) electrons. The summed E-state index contributed by atoms with van der Waals surface area (Å²) < 4.78 is 10.7. The summed E-state index contributed by atoms with van der Waals surface area (Å²) in [6, 6.07) is 9.36. The predicted molar refractivity (Wildman–Crippen MR) is 130 cm³/mol. The van der Waals surface area contributed by atoms with Crippen molar-refractivity contribution in [2.45, 2.75) is 38.8 Å². The Hall–Kier alpha value is -1.59. The van der Waals surface area contributed by atoms with Gasteiger partial charge in [-0.3, -0.25) is 9.89 Å². The van der Waals surface area contributed by atoms with E-state index < -0.39 is 11.7 Å². The normalized spacial score (nSPS) is 16.3. The number of ether oxygens (including phenoxy) is 2. The Morgan fingerprint density at radius 3 is 2.57 bits per heavy atom. The summed E-state index contributed by atoms with van der Waals surface area (Å²) >= 11 is 0. The van der Waals surface area contributed by atoms with Crippen LogP contribution in [0.15, 0.2) is 35.3 Å². The Labute approximate surface area is 197 Å². The first-order valence-electron chi connectivity index (χ1n) is 10.2. The van der Waals surface area contributed by atoms with Gasteiger partial charge in [0, 0.05) is 19.6 Å². The van der Waals surface area contributed by atoms with Gasteiger partial charge in [0.05, 0.1) is 25.8 Å². The molecule has 0 saturated carbocycles. The highest BCUT2D eigenvalue weighted by atomic mass is 127. The molecule has 1 aromatic rings. The van der Waals surface area contributed by atoms with Gasteiger partial charge in [-0.25, -0.2) is 4.79 Å². The number of morpholine rings is 1. The minimum atomic E-state index is -0.560. The summed E-state index contributed by atoms with van der Waals surface area (Å²) in [7, 11) is 0. The van der Waals surface area contributed by atoms with E-state index in [2.05, 4.69) is 20.5 Å². The van der Waals surface area contributed by atoms with Gasteiger partial charge in [0.2, 0.25) is 0 Å². The monoisotopic (exact) mass is 533 g/mol. The molecule has 0 aliphatic carbocycles. The Balaban J connectivity index is 0.00000450. The molecule has 170 valence electrons. The summed E-state index contributed by atoms with van der Waals surface area (Å²) in [5, 5.41) is 6.03. The van der Waals surface area contributed by atoms with Crippen LogP contribution in [0.3, 0.4) is 0 Å². The Kier molecular flexibility index (Phi) is 12.0. The van der Waals surface area contributed by atoms with Gasteiger partial charge in [-0.1, -0.05) is 30.3 Å². The van der Waals surface area contributed by atoms with Gasteiger partial charge >= 0.3 is 6.09 Å². The molecule has 1 aliphatic rings. The SMILES string of the molecule is CC(C)(C)OC(=O)NC(CN=C(N)NCCCN1CCOCC1)c1ccccc1.I. The van der Waals surface area contributed by atoms with Crippen LogP contribution in [0.1, 0.15) is 38.8 Å². The van der Waals surface area contributed by atoms with Crippen LogP contribution in [0.2, 0.25) is 0 Å². The van der Waals surface area contributed by atoms with Gasteiger partial charge in [-0.05, 0) is 39.3 Å². The molecule has 8 nitrogen and oxygen atoms in total. The second kappa shape index (κ2) is 13.7. The van der Waals surface area contributed by atoms with Gasteiger partial charge in [0.25, 0.3) is 0 Å². The van der Waals surface area contributed by atoms with Crippen LogP contribution < -0.4 is 16.4 Å². The number of carbonyl (C=O) groups excluding carboxylic acids is 1. The first kappa shape index (κ1) is 26.4. The van der Waals surface area contributed by atoms with E-state index in [9.17, 15) is 4.79 Å². The van der Waals surface area contributed by atoms with Crippen LogP contribution in [-0.2, 0) is 9.47 Å². The van der Waals surface area contributed by atoms with Gasteiger partial charge < -0.3 is 25.8 Å². The Morgan fingerprint density at radius 1 is 1.27 bits per heavy atom. The predicted octanol–water partition coefficient (Wildman–Crippen LogP) is 2.50. The molecule has 0 aromatic heterocycles. The molecule has 4 N–H and O–H groups in total. The van der Waals surface area contributed by atoms with E-state index >= 15 is 0 Å². The lowest BCUT2D eigenvalue weighted by Crippen LogP contribution is -2.39. The summed E-state index contributed by atoms with van der Waals surface area (Å²) in [5.74, 6) is 0.374. The van der Waals surface area contributed by atoms with E-state index in [0.29, 0.717) is 12.5 Å². The topological polar surface area (TPSA) is 101 Å². The summed E-state index contributed by atoms with van der Waals surface area (Å²) in [6.45, 7) is 11.2. The Morgan fingerprint density at radius 2 is 1.93 bits per heavy atom. The number of guanidine groups is 1. The molecule has 1 aliphatic heterocycles. The molecular weight excluding hydrogens is 497 g/mol. The zero-order valence-corrected chi connectivity index (χ0v) is 20.6. The molecule has 0 bridgehead atoms. The highest BCUT2D eigenvalue weighted by Crippen LogP contribution is 2.15. The van der Waals surface area contributed by atoms with Crippen molar-refractivity contribution < 1.29 is 14.3 Å². The average Bonchev–Trinajstić information content (AvgIpc) is 2.68. The number of nitrogens with two attached hydrogens (primary N) is 1. The van der Waals surface area contributed by atoms with Crippen LogP contribution >= 0.6 is 24.0 Å². The van der Waals surface area contributed by atoms with Crippen LogP contribution in [0.5, 0.6) is 0 Å². The maximum Gasteiger partial charge on any atom is 0.408 e. The average molecular weight is 533 g/mol. The third-order valence-electron chi connectivity index (χ3n) is 4.40. The van der Waals surface area contributed by atoms with Crippen LogP contribution in [0.4, 0.5) is 4.79 Å². The zero-order valence-electron chi connectivity index (χ0n) is 18.2. The third-order valence-corrected chi connectivity index (χ3v) is 4.40. The molecule has 9 heteroatoms. The van der Waals surface area contributed by atoms with E-state index in [1.165, 1.54) is 0 Å². The molecule has 30 heavy (non-hydrogen) atoms. The summed E-state index contributed by atoms with van der Waals surface area (Å²) in [4.78, 5) is 19.0. The van der Waals surface area contributed by atoms with Crippen LogP contribution in [-0.4, -0.2) is 68.5 Å². The highest BCUT2D eigenvalue weighted by molar-refractivity contribution is 14.0. The molecular formula is C21H36IN5O3. The second-order valence-corrected chi connectivity index (χ2v) is 8.07. The number of alkyl carbamates (subject to hydrolysis) is 1. The van der Waals surface area contributed by atoms with E-state index in [4.69, 9.17) is 15.2 Å². The van der Waals surface area contributed by atoms with Crippen molar-refractivity contribution in [3.8, 4) is 0 Å². The highest BCUT2D eigenvalue weighted by Gasteiger charge is 2.20. The van der Waals surface area contributed by atoms with E-state index in [0.717, 1.165) is 51.4 Å². The maximum atomic E-state index is 12.2. The third kappa shape index (κ3) is 11.0. The van der Waals surface area contributed by atoms with Crippen LogP contribution in [0, 0.1) is 0 Å². The number of hydrogen-bond donors (Lipinski definition) is 3. The molecule has 1 heterocycles. The van der Waals surface area contributed by atoms with E-state index in [-0.39, 0.29) is 30.0 Å². The lowest BCUT2D eigenvalue weighted by Gasteiger charge is -2.26. The maximum absolute atomic E-state index is 12.2. The fourth-order valence-electron chi connectivity index (χ4n) is 2.96. The molecule has 1 aromatic carbocycles. The van der Waals surface area contributed by atoms with Crippen molar-refractivity contribution in [1.82, 2.24) is 15.5 Å². The summed E-state index contributed by atoms with van der Waals surface area (Å²) in [6.07, 6.45) is 0.507.